The highest BCUT2D eigenvalue weighted by molar-refractivity contribution is 7.87. The molecule has 1 saturated heterocycles. The molecule has 0 saturated carbocycles. The van der Waals surface area contributed by atoms with Gasteiger partial charge in [-0.25, -0.2) is 9.59 Å². The van der Waals surface area contributed by atoms with Gasteiger partial charge < -0.3 is 9.47 Å². The first-order valence-corrected chi connectivity index (χ1v) is 8.42. The molecule has 1 aliphatic heterocycles. The maximum Gasteiger partial charge on any atom is 0.339 e. The summed E-state index contributed by atoms with van der Waals surface area (Å²) in [7, 11) is -1.35. The predicted octanol–water partition coefficient (Wildman–Crippen LogP) is 2.16. The Kier molecular flexibility index (Phi) is 4.52. The van der Waals surface area contributed by atoms with Crippen molar-refractivity contribution in [2.45, 2.75) is 11.5 Å². The average Bonchev–Trinajstić information content (AvgIpc) is 2.60. The summed E-state index contributed by atoms with van der Waals surface area (Å²) in [6, 6.07) is 16.9. The topological polar surface area (TPSA) is 69.7 Å². The van der Waals surface area contributed by atoms with E-state index in [4.69, 9.17) is 9.47 Å². The minimum Gasteiger partial charge on any atom is -0.453 e. The van der Waals surface area contributed by atoms with Crippen molar-refractivity contribution in [3.8, 4) is 0 Å². The summed E-state index contributed by atoms with van der Waals surface area (Å²) in [5.74, 6) is -0.928. The third kappa shape index (κ3) is 3.48. The summed E-state index contributed by atoms with van der Waals surface area (Å²) < 4.78 is 22.3. The Morgan fingerprint density at radius 1 is 0.826 bits per heavy atom. The monoisotopic (exact) mass is 330 g/mol. The molecule has 1 heterocycles. The lowest BCUT2D eigenvalue weighted by Gasteiger charge is -2.33. The summed E-state index contributed by atoms with van der Waals surface area (Å²) in [5.41, 5.74) is -0.154. The third-order valence-corrected chi connectivity index (χ3v) is 4.97. The minimum absolute atomic E-state index is 0.172. The van der Waals surface area contributed by atoms with Gasteiger partial charge in [0.15, 0.2) is 6.10 Å². The van der Waals surface area contributed by atoms with Crippen molar-refractivity contribution in [1.82, 2.24) is 0 Å². The van der Waals surface area contributed by atoms with E-state index in [9.17, 15) is 13.8 Å². The van der Waals surface area contributed by atoms with Crippen LogP contribution < -0.4 is 0 Å². The number of ether oxygens (including phenoxy) is 2. The predicted molar refractivity (Wildman–Crippen MR) is 84.3 cm³/mol. The molecule has 6 heteroatoms. The molecule has 0 bridgehead atoms. The van der Waals surface area contributed by atoms with Gasteiger partial charge in [0.05, 0.1) is 27.7 Å². The van der Waals surface area contributed by atoms with Crippen molar-refractivity contribution in [2.24, 2.45) is 0 Å². The lowest BCUT2D eigenvalue weighted by atomic mass is 10.2. The van der Waals surface area contributed by atoms with Crippen LogP contribution in [0.25, 0.3) is 0 Å². The molecule has 0 N–H and O–H groups in total. The molecule has 0 aliphatic carbocycles. The van der Waals surface area contributed by atoms with Gasteiger partial charge in [-0.2, -0.15) is 0 Å². The molecule has 0 amide bonds. The van der Waals surface area contributed by atoms with E-state index in [1.807, 2.05) is 0 Å². The van der Waals surface area contributed by atoms with E-state index in [2.05, 4.69) is 0 Å². The summed E-state index contributed by atoms with van der Waals surface area (Å²) in [5, 5.41) is 0. The molecule has 2 aromatic rings. The Labute approximate surface area is 135 Å². The Balaban J connectivity index is 1.62. The molecule has 1 aliphatic rings. The molecule has 118 valence electrons. The maximum absolute atomic E-state index is 12.0. The van der Waals surface area contributed by atoms with Crippen LogP contribution in [0, 0.1) is 0 Å². The fourth-order valence-electron chi connectivity index (χ4n) is 2.13. The van der Waals surface area contributed by atoms with Gasteiger partial charge in [-0.15, -0.1) is 0 Å². The zero-order valence-corrected chi connectivity index (χ0v) is 12.9. The zero-order chi connectivity index (χ0) is 16.2. The normalized spacial score (nSPS) is 22.7. The van der Waals surface area contributed by atoms with Gasteiger partial charge in [-0.05, 0) is 24.3 Å². The van der Waals surface area contributed by atoms with E-state index >= 15 is 0 Å². The number of carbonyl (C=O) groups is 2. The number of carbonyl (C=O) groups excluding carboxylic acids is 2. The van der Waals surface area contributed by atoms with Gasteiger partial charge in [0, 0.05) is 0 Å². The Bertz CT molecular complexity index is 729. The van der Waals surface area contributed by atoms with Crippen LogP contribution in [-0.4, -0.2) is 33.4 Å². The third-order valence-electron chi connectivity index (χ3n) is 3.39. The first-order valence-electron chi connectivity index (χ1n) is 7.04. The van der Waals surface area contributed by atoms with Crippen LogP contribution in [0.4, 0.5) is 0 Å². The van der Waals surface area contributed by atoms with E-state index in [-0.39, 0.29) is 5.75 Å². The van der Waals surface area contributed by atoms with Crippen molar-refractivity contribution in [3.05, 3.63) is 71.8 Å². The molecule has 0 aromatic heterocycles. The van der Waals surface area contributed by atoms with Gasteiger partial charge in [0.25, 0.3) is 0 Å². The fraction of sp³-hybridized carbons (Fsp3) is 0.176. The largest absolute Gasteiger partial charge is 0.453 e. The summed E-state index contributed by atoms with van der Waals surface area (Å²) in [4.78, 5) is 24.0. The van der Waals surface area contributed by atoms with E-state index < -0.39 is 34.3 Å². The first-order chi connectivity index (χ1) is 11.1. The summed E-state index contributed by atoms with van der Waals surface area (Å²) >= 11 is 0. The second-order valence-electron chi connectivity index (χ2n) is 5.00. The highest BCUT2D eigenvalue weighted by Crippen LogP contribution is 2.24. The molecule has 5 nitrogen and oxygen atoms in total. The molecular formula is C17H14O5S. The lowest BCUT2D eigenvalue weighted by molar-refractivity contribution is -0.0127. The molecule has 3 atom stereocenters. The first kappa shape index (κ1) is 15.4. The second kappa shape index (κ2) is 6.75. The summed E-state index contributed by atoms with van der Waals surface area (Å²) in [6.45, 7) is 0. The van der Waals surface area contributed by atoms with E-state index in [0.717, 1.165) is 0 Å². The quantitative estimate of drug-likeness (QED) is 0.804. The van der Waals surface area contributed by atoms with Crippen LogP contribution in [0.15, 0.2) is 60.7 Å². The van der Waals surface area contributed by atoms with Gasteiger partial charge in [0.1, 0.15) is 0 Å². The van der Waals surface area contributed by atoms with Crippen molar-refractivity contribution in [1.29, 1.82) is 0 Å². The molecule has 0 radical (unpaired) electrons. The highest BCUT2D eigenvalue weighted by atomic mass is 32.2. The number of hydrogen-bond donors (Lipinski definition) is 0. The van der Waals surface area contributed by atoms with E-state index in [0.29, 0.717) is 11.1 Å². The summed E-state index contributed by atoms with van der Waals surface area (Å²) in [6.07, 6.45) is -0.684. The molecule has 0 spiro atoms. The Morgan fingerprint density at radius 3 is 1.78 bits per heavy atom. The fourth-order valence-corrected chi connectivity index (χ4v) is 3.21. The van der Waals surface area contributed by atoms with Gasteiger partial charge in [-0.3, -0.25) is 4.21 Å². The van der Waals surface area contributed by atoms with Crippen LogP contribution >= 0.6 is 0 Å². The number of hydrogen-bond acceptors (Lipinski definition) is 5. The number of esters is 2. The molecule has 1 fully saturated rings. The smallest absolute Gasteiger partial charge is 0.339 e. The minimum atomic E-state index is -1.35. The molecule has 3 rings (SSSR count). The van der Waals surface area contributed by atoms with Crippen LogP contribution in [0.5, 0.6) is 0 Å². The van der Waals surface area contributed by atoms with Crippen LogP contribution in [-0.2, 0) is 20.3 Å². The molecule has 2 aromatic carbocycles. The van der Waals surface area contributed by atoms with Crippen LogP contribution in [0.2, 0.25) is 0 Å². The molecule has 1 unspecified atom stereocenters. The highest BCUT2D eigenvalue weighted by Gasteiger charge is 2.45. The average molecular weight is 330 g/mol. The SMILES string of the molecule is O=C(O[C@H]1CS(=O)[C@@H]1OC(=O)c1ccccc1)c1ccccc1. The maximum atomic E-state index is 12.0. The van der Waals surface area contributed by atoms with Crippen LogP contribution in [0.1, 0.15) is 20.7 Å². The van der Waals surface area contributed by atoms with Gasteiger partial charge in [0.2, 0.25) is 5.44 Å². The number of benzene rings is 2. The molecule has 23 heavy (non-hydrogen) atoms. The van der Waals surface area contributed by atoms with Crippen molar-refractivity contribution in [2.75, 3.05) is 5.75 Å². The Morgan fingerprint density at radius 2 is 1.30 bits per heavy atom. The second-order valence-corrected chi connectivity index (χ2v) is 6.56. The Hall–Kier alpha value is -2.47. The van der Waals surface area contributed by atoms with Crippen LogP contribution in [0.3, 0.4) is 0 Å². The van der Waals surface area contributed by atoms with Crippen molar-refractivity contribution < 1.29 is 23.3 Å². The van der Waals surface area contributed by atoms with Gasteiger partial charge >= 0.3 is 11.9 Å². The van der Waals surface area contributed by atoms with E-state index in [1.165, 1.54) is 0 Å². The van der Waals surface area contributed by atoms with Crippen molar-refractivity contribution in [3.63, 3.8) is 0 Å². The van der Waals surface area contributed by atoms with Gasteiger partial charge in [-0.1, -0.05) is 36.4 Å². The lowest BCUT2D eigenvalue weighted by Crippen LogP contribution is -2.52. The standard InChI is InChI=1S/C17H14O5S/c18-15(12-7-3-1-4-8-12)21-14-11-23(20)17(14)22-16(19)13-9-5-2-6-10-13/h1-10,14,17H,11H2/t14-,17-,23?/m0/s1. The van der Waals surface area contributed by atoms with E-state index in [1.54, 1.807) is 60.7 Å². The number of rotatable bonds is 4. The molecular weight excluding hydrogens is 316 g/mol. The zero-order valence-electron chi connectivity index (χ0n) is 12.1. The van der Waals surface area contributed by atoms with Crippen molar-refractivity contribution >= 4 is 22.7 Å².